The second-order valence-electron chi connectivity index (χ2n) is 3.42. The molecule has 0 atom stereocenters. The molecule has 0 unspecified atom stereocenters. The van der Waals surface area contributed by atoms with Crippen LogP contribution in [0.3, 0.4) is 0 Å². The largest absolute Gasteiger partial charge is 0.494 e. The molecule has 0 bridgehead atoms. The van der Waals surface area contributed by atoms with Crippen molar-refractivity contribution in [1.82, 2.24) is 19.7 Å². The molecule has 0 N–H and O–H groups in total. The van der Waals surface area contributed by atoms with Crippen molar-refractivity contribution in [2.45, 2.75) is 19.9 Å². The fraction of sp³-hybridized carbons (Fsp3) is 0.364. The average molecular weight is 218 g/mol. The molecule has 2 heterocycles. The Hall–Kier alpha value is -1.91. The first kappa shape index (κ1) is 10.6. The van der Waals surface area contributed by atoms with Crippen LogP contribution in [-0.2, 0) is 6.54 Å². The van der Waals surface area contributed by atoms with Crippen LogP contribution in [0.2, 0.25) is 0 Å². The lowest BCUT2D eigenvalue weighted by molar-refractivity contribution is 0.414. The van der Waals surface area contributed by atoms with Crippen molar-refractivity contribution < 1.29 is 4.74 Å². The van der Waals surface area contributed by atoms with Crippen LogP contribution in [0.1, 0.15) is 13.3 Å². The second-order valence-corrected chi connectivity index (χ2v) is 3.42. The molecule has 16 heavy (non-hydrogen) atoms. The Balaban J connectivity index is 2.45. The van der Waals surface area contributed by atoms with Crippen molar-refractivity contribution in [1.29, 1.82) is 0 Å². The maximum Gasteiger partial charge on any atom is 0.167 e. The lowest BCUT2D eigenvalue weighted by Gasteiger charge is -2.08. The Labute approximate surface area is 94.1 Å². The van der Waals surface area contributed by atoms with E-state index in [1.165, 1.54) is 0 Å². The van der Waals surface area contributed by atoms with E-state index in [2.05, 4.69) is 22.1 Å². The number of aromatic nitrogens is 4. The number of methoxy groups -OCH3 is 1. The Morgan fingerprint density at radius 3 is 3.06 bits per heavy atom. The molecule has 0 radical (unpaired) electrons. The molecule has 2 aromatic rings. The van der Waals surface area contributed by atoms with Gasteiger partial charge in [0.25, 0.3) is 0 Å². The number of ether oxygens (including phenoxy) is 1. The summed E-state index contributed by atoms with van der Waals surface area (Å²) < 4.78 is 7.27. The minimum absolute atomic E-state index is 0.716. The fourth-order valence-corrected chi connectivity index (χ4v) is 1.60. The van der Waals surface area contributed by atoms with E-state index < -0.39 is 0 Å². The predicted molar refractivity (Wildman–Crippen MR) is 60.1 cm³/mol. The third kappa shape index (κ3) is 1.88. The summed E-state index contributed by atoms with van der Waals surface area (Å²) in [5.41, 5.74) is 0.920. The lowest BCUT2D eigenvalue weighted by Crippen LogP contribution is -2.00. The lowest BCUT2D eigenvalue weighted by atomic mass is 10.2. The van der Waals surface area contributed by atoms with E-state index in [1.807, 2.05) is 10.6 Å². The molecule has 0 spiro atoms. The molecule has 0 aromatic carbocycles. The van der Waals surface area contributed by atoms with Crippen molar-refractivity contribution >= 4 is 0 Å². The van der Waals surface area contributed by atoms with Crippen LogP contribution in [0.15, 0.2) is 24.8 Å². The second kappa shape index (κ2) is 4.74. The van der Waals surface area contributed by atoms with Gasteiger partial charge in [-0.25, -0.2) is 0 Å². The number of rotatable bonds is 4. The summed E-state index contributed by atoms with van der Waals surface area (Å²) >= 11 is 0. The third-order valence-electron chi connectivity index (χ3n) is 2.33. The molecule has 0 saturated heterocycles. The minimum atomic E-state index is 0.716. The fourth-order valence-electron chi connectivity index (χ4n) is 1.60. The van der Waals surface area contributed by atoms with Crippen LogP contribution < -0.4 is 4.74 Å². The van der Waals surface area contributed by atoms with E-state index in [-0.39, 0.29) is 0 Å². The van der Waals surface area contributed by atoms with E-state index in [4.69, 9.17) is 4.74 Å². The van der Waals surface area contributed by atoms with Gasteiger partial charge in [-0.1, -0.05) is 6.92 Å². The normalized spacial score (nSPS) is 10.4. The van der Waals surface area contributed by atoms with E-state index in [9.17, 15) is 0 Å². The molecule has 0 saturated carbocycles. The molecule has 2 aromatic heterocycles. The van der Waals surface area contributed by atoms with E-state index >= 15 is 0 Å². The van der Waals surface area contributed by atoms with Gasteiger partial charge in [0, 0.05) is 12.7 Å². The van der Waals surface area contributed by atoms with Gasteiger partial charge in [0.2, 0.25) is 0 Å². The average Bonchev–Trinajstić information content (AvgIpc) is 2.77. The summed E-state index contributed by atoms with van der Waals surface area (Å²) in [6, 6.07) is 1.88. The number of aryl methyl sites for hydroxylation is 1. The Morgan fingerprint density at radius 1 is 1.44 bits per heavy atom. The number of hydrogen-bond donors (Lipinski definition) is 0. The highest BCUT2D eigenvalue weighted by atomic mass is 16.5. The standard InChI is InChI=1S/C11H14N4O/c1-3-6-15-8-13-14-11(15)9-4-5-12-7-10(9)16-2/h4-5,7-8H,3,6H2,1-2H3. The summed E-state index contributed by atoms with van der Waals surface area (Å²) in [5, 5.41) is 8.05. The van der Waals surface area contributed by atoms with Crippen LogP contribution in [0, 0.1) is 0 Å². The zero-order valence-electron chi connectivity index (χ0n) is 9.42. The number of nitrogens with zero attached hydrogens (tertiary/aromatic N) is 4. The third-order valence-corrected chi connectivity index (χ3v) is 2.33. The predicted octanol–water partition coefficient (Wildman–Crippen LogP) is 1.76. The Morgan fingerprint density at radius 2 is 2.31 bits per heavy atom. The zero-order valence-corrected chi connectivity index (χ0v) is 9.42. The van der Waals surface area contributed by atoms with Crippen molar-refractivity contribution in [3.63, 3.8) is 0 Å². The van der Waals surface area contributed by atoms with Gasteiger partial charge in [-0.15, -0.1) is 10.2 Å². The molecule has 2 rings (SSSR count). The van der Waals surface area contributed by atoms with Gasteiger partial charge in [0.05, 0.1) is 18.9 Å². The van der Waals surface area contributed by atoms with Gasteiger partial charge >= 0.3 is 0 Å². The maximum atomic E-state index is 5.26. The van der Waals surface area contributed by atoms with Crippen LogP contribution in [-0.4, -0.2) is 26.9 Å². The molecule has 5 heteroatoms. The van der Waals surface area contributed by atoms with Crippen molar-refractivity contribution in [3.05, 3.63) is 24.8 Å². The van der Waals surface area contributed by atoms with Gasteiger partial charge < -0.3 is 9.30 Å². The van der Waals surface area contributed by atoms with Crippen LogP contribution >= 0.6 is 0 Å². The van der Waals surface area contributed by atoms with Gasteiger partial charge in [0.15, 0.2) is 5.82 Å². The number of hydrogen-bond acceptors (Lipinski definition) is 4. The van der Waals surface area contributed by atoms with Crippen molar-refractivity contribution in [3.8, 4) is 17.1 Å². The summed E-state index contributed by atoms with van der Waals surface area (Å²) in [6.07, 6.45) is 6.18. The molecule has 0 aliphatic rings. The summed E-state index contributed by atoms with van der Waals surface area (Å²) in [5.74, 6) is 1.54. The SMILES string of the molecule is CCCn1cnnc1-c1ccncc1OC. The zero-order chi connectivity index (χ0) is 11.4. The molecular formula is C11H14N4O. The van der Waals surface area contributed by atoms with Gasteiger partial charge in [0.1, 0.15) is 12.1 Å². The Kier molecular flexibility index (Phi) is 3.14. The molecular weight excluding hydrogens is 204 g/mol. The molecule has 0 amide bonds. The highest BCUT2D eigenvalue weighted by Gasteiger charge is 2.11. The first-order valence-electron chi connectivity index (χ1n) is 5.23. The molecule has 0 aliphatic heterocycles. The minimum Gasteiger partial charge on any atom is -0.494 e. The van der Waals surface area contributed by atoms with Gasteiger partial charge in [-0.05, 0) is 12.5 Å². The van der Waals surface area contributed by atoms with Crippen molar-refractivity contribution in [2.24, 2.45) is 0 Å². The summed E-state index contributed by atoms with van der Waals surface area (Å²) in [6.45, 7) is 3.02. The van der Waals surface area contributed by atoms with E-state index in [0.717, 1.165) is 24.4 Å². The first-order chi connectivity index (χ1) is 7.86. The Bertz CT molecular complexity index is 467. The van der Waals surface area contributed by atoms with Gasteiger partial charge in [-0.2, -0.15) is 0 Å². The molecule has 5 nitrogen and oxygen atoms in total. The maximum absolute atomic E-state index is 5.26. The van der Waals surface area contributed by atoms with Gasteiger partial charge in [-0.3, -0.25) is 4.98 Å². The summed E-state index contributed by atoms with van der Waals surface area (Å²) in [7, 11) is 1.63. The molecule has 0 fully saturated rings. The highest BCUT2D eigenvalue weighted by molar-refractivity contribution is 5.62. The van der Waals surface area contributed by atoms with Crippen LogP contribution in [0.5, 0.6) is 5.75 Å². The van der Waals surface area contributed by atoms with E-state index in [0.29, 0.717) is 5.75 Å². The molecule has 0 aliphatic carbocycles. The highest BCUT2D eigenvalue weighted by Crippen LogP contribution is 2.26. The number of pyridine rings is 1. The smallest absolute Gasteiger partial charge is 0.167 e. The monoisotopic (exact) mass is 218 g/mol. The quantitative estimate of drug-likeness (QED) is 0.784. The van der Waals surface area contributed by atoms with Crippen molar-refractivity contribution in [2.75, 3.05) is 7.11 Å². The van der Waals surface area contributed by atoms with Crippen LogP contribution in [0.25, 0.3) is 11.4 Å². The van der Waals surface area contributed by atoms with E-state index in [1.54, 1.807) is 25.8 Å². The first-order valence-corrected chi connectivity index (χ1v) is 5.23. The van der Waals surface area contributed by atoms with Crippen LogP contribution in [0.4, 0.5) is 0 Å². The summed E-state index contributed by atoms with van der Waals surface area (Å²) in [4.78, 5) is 4.02. The molecule has 84 valence electrons. The topological polar surface area (TPSA) is 52.8 Å².